The van der Waals surface area contributed by atoms with Crippen molar-refractivity contribution in [3.05, 3.63) is 40.7 Å². The second-order valence-corrected chi connectivity index (χ2v) is 4.68. The lowest BCUT2D eigenvalue weighted by molar-refractivity contribution is -0.135. The number of aliphatic hydroxyl groups is 1. The van der Waals surface area contributed by atoms with Gasteiger partial charge in [0.25, 0.3) is 0 Å². The van der Waals surface area contributed by atoms with Gasteiger partial charge in [0, 0.05) is 0 Å². The smallest absolute Gasteiger partial charge is 0.343 e. The molecule has 0 aliphatic carbocycles. The van der Waals surface area contributed by atoms with Crippen LogP contribution in [0.25, 0.3) is 0 Å². The van der Waals surface area contributed by atoms with E-state index in [-0.39, 0.29) is 17.2 Å². The van der Waals surface area contributed by atoms with Crippen molar-refractivity contribution in [3.8, 4) is 0 Å². The highest BCUT2D eigenvalue weighted by atomic mass is 35.5. The molecule has 108 valence electrons. The number of halogens is 1. The zero-order valence-electron chi connectivity index (χ0n) is 12.0. The monoisotopic (exact) mass is 295 g/mol. The van der Waals surface area contributed by atoms with Crippen LogP contribution in [0.3, 0.4) is 0 Å². The Morgan fingerprint density at radius 1 is 1.35 bits per heavy atom. The molecule has 5 heteroatoms. The minimum Gasteiger partial charge on any atom is -0.510 e. The number of alkyl halides is 1. The third kappa shape index (κ3) is 3.84. The standard InChI is InChI=1S/C15H18ClNO3/c1-9-5-6-12(7-10(9)2)17-11(3)14(13(18)8-16)15(19)20-4/h5-7,18H,8H2,1-4H3. The molecule has 0 fully saturated rings. The molecule has 0 spiro atoms. The van der Waals surface area contributed by atoms with Gasteiger partial charge in [-0.15, -0.1) is 11.6 Å². The lowest BCUT2D eigenvalue weighted by Gasteiger charge is -2.08. The fourth-order valence-corrected chi connectivity index (χ4v) is 1.82. The van der Waals surface area contributed by atoms with Crippen LogP contribution in [0, 0.1) is 13.8 Å². The van der Waals surface area contributed by atoms with Crippen LogP contribution < -0.4 is 0 Å². The molecule has 0 bridgehead atoms. The van der Waals surface area contributed by atoms with E-state index in [2.05, 4.69) is 9.73 Å². The largest absolute Gasteiger partial charge is 0.510 e. The SMILES string of the molecule is COC(=O)C(C(C)=Nc1ccc(C)c(C)c1)=C(O)CCl. The number of aliphatic hydroxyl groups excluding tert-OH is 1. The van der Waals surface area contributed by atoms with Gasteiger partial charge in [0.05, 0.1) is 24.4 Å². The van der Waals surface area contributed by atoms with E-state index in [4.69, 9.17) is 11.6 Å². The van der Waals surface area contributed by atoms with Crippen molar-refractivity contribution in [1.82, 2.24) is 0 Å². The number of esters is 1. The first-order chi connectivity index (χ1) is 9.40. The maximum atomic E-state index is 11.7. The van der Waals surface area contributed by atoms with Gasteiger partial charge in [0.15, 0.2) is 0 Å². The Labute approximate surface area is 123 Å². The summed E-state index contributed by atoms with van der Waals surface area (Å²) in [5, 5.41) is 9.73. The van der Waals surface area contributed by atoms with Crippen LogP contribution in [0.1, 0.15) is 18.1 Å². The van der Waals surface area contributed by atoms with Crippen LogP contribution in [-0.4, -0.2) is 29.8 Å². The quantitative estimate of drug-likeness (QED) is 0.303. The van der Waals surface area contributed by atoms with E-state index in [1.165, 1.54) is 7.11 Å². The molecule has 4 nitrogen and oxygen atoms in total. The van der Waals surface area contributed by atoms with Crippen molar-refractivity contribution < 1.29 is 14.6 Å². The van der Waals surface area contributed by atoms with Gasteiger partial charge in [-0.05, 0) is 44.0 Å². The normalized spacial score (nSPS) is 12.9. The van der Waals surface area contributed by atoms with Crippen molar-refractivity contribution in [2.75, 3.05) is 13.0 Å². The summed E-state index contributed by atoms with van der Waals surface area (Å²) in [6, 6.07) is 5.70. The fraction of sp³-hybridized carbons (Fsp3) is 0.333. The number of rotatable bonds is 4. The number of methoxy groups -OCH3 is 1. The van der Waals surface area contributed by atoms with E-state index in [0.29, 0.717) is 11.4 Å². The Balaban J connectivity index is 3.24. The first kappa shape index (κ1) is 16.2. The third-order valence-corrected chi connectivity index (χ3v) is 3.21. The third-order valence-electron chi connectivity index (χ3n) is 2.95. The number of carbonyl (C=O) groups is 1. The van der Waals surface area contributed by atoms with Crippen LogP contribution in [0.5, 0.6) is 0 Å². The van der Waals surface area contributed by atoms with E-state index in [9.17, 15) is 9.90 Å². The molecule has 0 aliphatic heterocycles. The van der Waals surface area contributed by atoms with Crippen molar-refractivity contribution in [1.29, 1.82) is 0 Å². The molecule has 0 unspecified atom stereocenters. The predicted octanol–water partition coefficient (Wildman–Crippen LogP) is 3.62. The van der Waals surface area contributed by atoms with E-state index in [1.54, 1.807) is 6.92 Å². The number of nitrogens with zero attached hydrogens (tertiary/aromatic N) is 1. The highest BCUT2D eigenvalue weighted by Gasteiger charge is 2.18. The average Bonchev–Trinajstić information content (AvgIpc) is 2.42. The molecule has 1 aromatic rings. The summed E-state index contributed by atoms with van der Waals surface area (Å²) in [6.07, 6.45) is 0. The summed E-state index contributed by atoms with van der Waals surface area (Å²) in [6.45, 7) is 5.62. The Bertz CT molecular complexity index is 576. The molecule has 0 amide bonds. The van der Waals surface area contributed by atoms with E-state index >= 15 is 0 Å². The molecule has 0 atom stereocenters. The van der Waals surface area contributed by atoms with Gasteiger partial charge < -0.3 is 9.84 Å². The van der Waals surface area contributed by atoms with Gasteiger partial charge >= 0.3 is 5.97 Å². The molecule has 20 heavy (non-hydrogen) atoms. The minimum atomic E-state index is -0.659. The number of ether oxygens (including phenoxy) is 1. The van der Waals surface area contributed by atoms with Gasteiger partial charge in [-0.25, -0.2) is 4.79 Å². The van der Waals surface area contributed by atoms with Crippen LogP contribution in [0.15, 0.2) is 34.5 Å². The molecule has 1 rings (SSSR count). The van der Waals surface area contributed by atoms with E-state index in [0.717, 1.165) is 11.1 Å². The van der Waals surface area contributed by atoms with Gasteiger partial charge in [-0.3, -0.25) is 4.99 Å². The lowest BCUT2D eigenvalue weighted by atomic mass is 10.1. The molecule has 0 aliphatic rings. The summed E-state index contributed by atoms with van der Waals surface area (Å²) >= 11 is 5.57. The Hall–Kier alpha value is -1.81. The summed E-state index contributed by atoms with van der Waals surface area (Å²) in [4.78, 5) is 16.0. The Kier molecular flexibility index (Phi) is 5.77. The van der Waals surface area contributed by atoms with E-state index < -0.39 is 5.97 Å². The van der Waals surface area contributed by atoms with Crippen LogP contribution in [0.4, 0.5) is 5.69 Å². The number of allylic oxidation sites excluding steroid dienone is 1. The summed E-state index contributed by atoms with van der Waals surface area (Å²) in [5.74, 6) is -1.08. The second-order valence-electron chi connectivity index (χ2n) is 4.41. The highest BCUT2D eigenvalue weighted by Crippen LogP contribution is 2.19. The molecule has 0 heterocycles. The van der Waals surface area contributed by atoms with Crippen LogP contribution in [-0.2, 0) is 9.53 Å². The zero-order chi connectivity index (χ0) is 15.3. The molecule has 0 aromatic heterocycles. The maximum absolute atomic E-state index is 11.7. The predicted molar refractivity (Wildman–Crippen MR) is 81.1 cm³/mol. The first-order valence-electron chi connectivity index (χ1n) is 6.10. The molecule has 1 aromatic carbocycles. The topological polar surface area (TPSA) is 58.9 Å². The van der Waals surface area contributed by atoms with Crippen molar-refractivity contribution in [3.63, 3.8) is 0 Å². The molecule has 0 radical (unpaired) electrons. The minimum absolute atomic E-state index is 0.000674. The summed E-state index contributed by atoms with van der Waals surface area (Å²) in [7, 11) is 1.24. The van der Waals surface area contributed by atoms with Gasteiger partial charge in [-0.2, -0.15) is 0 Å². The fourth-order valence-electron chi connectivity index (χ4n) is 1.69. The molecular weight excluding hydrogens is 278 g/mol. The molecular formula is C15H18ClNO3. The second kappa shape index (κ2) is 7.10. The number of aryl methyl sites for hydroxylation is 2. The summed E-state index contributed by atoms with van der Waals surface area (Å²) in [5.41, 5.74) is 3.33. The first-order valence-corrected chi connectivity index (χ1v) is 6.63. The summed E-state index contributed by atoms with van der Waals surface area (Å²) < 4.78 is 4.64. The molecule has 0 saturated heterocycles. The highest BCUT2D eigenvalue weighted by molar-refractivity contribution is 6.23. The Morgan fingerprint density at radius 2 is 2.00 bits per heavy atom. The van der Waals surface area contributed by atoms with Gasteiger partial charge in [-0.1, -0.05) is 6.07 Å². The number of hydrogen-bond acceptors (Lipinski definition) is 4. The number of aliphatic imine (C=N–C) groups is 1. The van der Waals surface area contributed by atoms with Crippen molar-refractivity contribution in [2.45, 2.75) is 20.8 Å². The van der Waals surface area contributed by atoms with Crippen molar-refractivity contribution >= 4 is 29.0 Å². The molecule has 1 N–H and O–H groups in total. The Morgan fingerprint density at radius 3 is 2.50 bits per heavy atom. The van der Waals surface area contributed by atoms with Gasteiger partial charge in [0.2, 0.25) is 0 Å². The zero-order valence-corrected chi connectivity index (χ0v) is 12.8. The van der Waals surface area contributed by atoms with Crippen LogP contribution >= 0.6 is 11.6 Å². The number of hydrogen-bond donors (Lipinski definition) is 1. The van der Waals surface area contributed by atoms with Gasteiger partial charge in [0.1, 0.15) is 11.3 Å². The lowest BCUT2D eigenvalue weighted by Crippen LogP contribution is -2.15. The van der Waals surface area contributed by atoms with E-state index in [1.807, 2.05) is 32.0 Å². The average molecular weight is 296 g/mol. The maximum Gasteiger partial charge on any atom is 0.343 e. The molecule has 0 saturated carbocycles. The number of benzene rings is 1. The number of carbonyl (C=O) groups excluding carboxylic acids is 1. The van der Waals surface area contributed by atoms with Crippen molar-refractivity contribution in [2.24, 2.45) is 4.99 Å². The van der Waals surface area contributed by atoms with Crippen LogP contribution in [0.2, 0.25) is 0 Å².